The molecule has 0 bridgehead atoms. The van der Waals surface area contributed by atoms with Crippen molar-refractivity contribution in [3.8, 4) is 0 Å². The van der Waals surface area contributed by atoms with Gasteiger partial charge in [-0.05, 0) is 17.7 Å². The summed E-state index contributed by atoms with van der Waals surface area (Å²) in [4.78, 5) is 20.7. The molecule has 0 aliphatic heterocycles. The second-order valence-electron chi connectivity index (χ2n) is 4.92. The van der Waals surface area contributed by atoms with Gasteiger partial charge in [0, 0.05) is 12.1 Å². The molecule has 25 heavy (non-hydrogen) atoms. The third-order valence-corrected chi connectivity index (χ3v) is 4.55. The lowest BCUT2D eigenvalue weighted by molar-refractivity contribution is -0.384. The Labute approximate surface area is 142 Å². The molecule has 2 N–H and O–H groups in total. The molecule has 0 amide bonds. The summed E-state index contributed by atoms with van der Waals surface area (Å²) in [5, 5.41) is 29.9. The first-order valence-corrected chi connectivity index (χ1v) is 8.27. The Morgan fingerprint density at radius 3 is 2.12 bits per heavy atom. The van der Waals surface area contributed by atoms with Crippen LogP contribution in [0.1, 0.15) is 11.7 Å². The van der Waals surface area contributed by atoms with Crippen LogP contribution in [0.15, 0.2) is 59.5 Å². The summed E-state index contributed by atoms with van der Waals surface area (Å²) >= 11 is 0. The van der Waals surface area contributed by atoms with Crippen molar-refractivity contribution >= 4 is 21.8 Å². The van der Waals surface area contributed by atoms with E-state index in [1.807, 2.05) is 0 Å². The number of carbonyl (C=O) groups is 1. The molecule has 2 aromatic carbocycles. The van der Waals surface area contributed by atoms with Gasteiger partial charge in [0.15, 0.2) is 0 Å². The molecular weight excluding hydrogens is 354 g/mol. The van der Waals surface area contributed by atoms with E-state index in [9.17, 15) is 33.5 Å². The van der Waals surface area contributed by atoms with Crippen LogP contribution in [0.2, 0.25) is 0 Å². The third-order valence-electron chi connectivity index (χ3n) is 3.24. The Bertz CT molecular complexity index is 864. The lowest BCUT2D eigenvalue weighted by Crippen LogP contribution is -2.33. The number of rotatable bonds is 7. The van der Waals surface area contributed by atoms with Gasteiger partial charge in [0.2, 0.25) is 6.10 Å². The molecule has 0 radical (unpaired) electrons. The zero-order chi connectivity index (χ0) is 18.6. The number of hydrogen-bond acceptors (Lipinski definition) is 7. The monoisotopic (exact) mass is 367 g/mol. The average Bonchev–Trinajstić information content (AvgIpc) is 2.59. The number of carboxylic acids is 1. The molecule has 2 atom stereocenters. The van der Waals surface area contributed by atoms with Gasteiger partial charge in [-0.3, -0.25) is 10.1 Å². The smallest absolute Gasteiger partial charge is 0.337 e. The van der Waals surface area contributed by atoms with E-state index >= 15 is 0 Å². The van der Waals surface area contributed by atoms with Gasteiger partial charge in [0.25, 0.3) is 15.8 Å². The molecule has 0 fully saturated rings. The van der Waals surface area contributed by atoms with Crippen molar-refractivity contribution in [3.05, 3.63) is 70.3 Å². The summed E-state index contributed by atoms with van der Waals surface area (Å²) in [6, 6.07) is 11.3. The Kier molecular flexibility index (Phi) is 5.47. The fourth-order valence-electron chi connectivity index (χ4n) is 1.98. The van der Waals surface area contributed by atoms with E-state index in [0.29, 0.717) is 0 Å². The number of nitro groups is 1. The van der Waals surface area contributed by atoms with Crippen molar-refractivity contribution in [1.29, 1.82) is 0 Å². The van der Waals surface area contributed by atoms with Crippen molar-refractivity contribution in [3.63, 3.8) is 0 Å². The van der Waals surface area contributed by atoms with Crippen molar-refractivity contribution in [1.82, 2.24) is 0 Å². The van der Waals surface area contributed by atoms with E-state index in [0.717, 1.165) is 24.3 Å². The minimum atomic E-state index is -4.56. The van der Waals surface area contributed by atoms with Crippen molar-refractivity contribution < 1.29 is 32.5 Å². The molecule has 9 nitrogen and oxygen atoms in total. The van der Waals surface area contributed by atoms with Gasteiger partial charge in [-0.2, -0.15) is 8.42 Å². The molecule has 10 heteroatoms. The average molecular weight is 367 g/mol. The maximum absolute atomic E-state index is 12.2. The number of aliphatic hydroxyl groups is 1. The van der Waals surface area contributed by atoms with Crippen LogP contribution in [0.5, 0.6) is 0 Å². The molecule has 2 aromatic rings. The van der Waals surface area contributed by atoms with E-state index in [2.05, 4.69) is 4.18 Å². The van der Waals surface area contributed by atoms with E-state index in [1.165, 1.54) is 12.1 Å². The SMILES string of the molecule is O=C(O)[C@@H](OS(=O)(=O)c1ccc([N+](=O)[O-])cc1)[C@H](O)c1ccccc1. The second-order valence-corrected chi connectivity index (χ2v) is 6.49. The van der Waals surface area contributed by atoms with Crippen molar-refractivity contribution in [2.45, 2.75) is 17.1 Å². The van der Waals surface area contributed by atoms with Gasteiger partial charge >= 0.3 is 5.97 Å². The highest BCUT2D eigenvalue weighted by molar-refractivity contribution is 7.86. The minimum absolute atomic E-state index is 0.161. The number of aliphatic carboxylic acids is 1. The normalized spacial score (nSPS) is 13.8. The zero-order valence-corrected chi connectivity index (χ0v) is 13.4. The summed E-state index contributed by atoms with van der Waals surface area (Å²) in [5.74, 6) is -1.68. The highest BCUT2D eigenvalue weighted by Gasteiger charge is 2.34. The number of non-ortho nitro benzene ring substituents is 1. The molecule has 2 rings (SSSR count). The topological polar surface area (TPSA) is 144 Å². The van der Waals surface area contributed by atoms with Crippen LogP contribution >= 0.6 is 0 Å². The maximum atomic E-state index is 12.2. The standard InChI is InChI=1S/C15H13NO8S/c17-13(10-4-2-1-3-5-10)14(15(18)19)24-25(22,23)12-8-6-11(7-9-12)16(20)21/h1-9,13-14,17H,(H,18,19)/t13-,14+/m1/s1. The van der Waals surface area contributed by atoms with E-state index < -0.39 is 38.1 Å². The summed E-state index contributed by atoms with van der Waals surface area (Å²) in [7, 11) is -4.56. The van der Waals surface area contributed by atoms with Gasteiger partial charge < -0.3 is 10.2 Å². The zero-order valence-electron chi connectivity index (χ0n) is 12.6. The fourth-order valence-corrected chi connectivity index (χ4v) is 3.02. The molecule has 0 aliphatic carbocycles. The summed E-state index contributed by atoms with van der Waals surface area (Å²) < 4.78 is 29.0. The quantitative estimate of drug-likeness (QED) is 0.425. The first-order chi connectivity index (χ1) is 11.7. The van der Waals surface area contributed by atoms with Gasteiger partial charge in [0.1, 0.15) is 6.10 Å². The highest BCUT2D eigenvalue weighted by atomic mass is 32.2. The maximum Gasteiger partial charge on any atom is 0.337 e. The Balaban J connectivity index is 2.28. The lowest BCUT2D eigenvalue weighted by Gasteiger charge is -2.19. The molecular formula is C15H13NO8S. The van der Waals surface area contributed by atoms with Crippen LogP contribution in [-0.4, -0.2) is 35.6 Å². The van der Waals surface area contributed by atoms with E-state index in [-0.39, 0.29) is 11.3 Å². The lowest BCUT2D eigenvalue weighted by atomic mass is 10.1. The number of aliphatic hydroxyl groups excluding tert-OH is 1. The van der Waals surface area contributed by atoms with Crippen LogP contribution in [-0.2, 0) is 19.1 Å². The Hall–Kier alpha value is -2.82. The van der Waals surface area contributed by atoms with Crippen LogP contribution in [0.4, 0.5) is 5.69 Å². The summed E-state index contributed by atoms with van der Waals surface area (Å²) in [6.07, 6.45) is -3.81. The first kappa shape index (κ1) is 18.5. The predicted octanol–water partition coefficient (Wildman–Crippen LogP) is 1.49. The summed E-state index contributed by atoms with van der Waals surface area (Å²) in [5.41, 5.74) is -0.174. The molecule has 0 aliphatic rings. The van der Waals surface area contributed by atoms with Gasteiger partial charge in [-0.25, -0.2) is 8.98 Å². The molecule has 0 aromatic heterocycles. The highest BCUT2D eigenvalue weighted by Crippen LogP contribution is 2.24. The van der Waals surface area contributed by atoms with Crippen molar-refractivity contribution in [2.24, 2.45) is 0 Å². The van der Waals surface area contributed by atoms with Crippen molar-refractivity contribution in [2.75, 3.05) is 0 Å². The first-order valence-electron chi connectivity index (χ1n) is 6.86. The van der Waals surface area contributed by atoms with Gasteiger partial charge in [0.05, 0.1) is 9.82 Å². The van der Waals surface area contributed by atoms with Crippen LogP contribution in [0, 0.1) is 10.1 Å². The van der Waals surface area contributed by atoms with Crippen LogP contribution < -0.4 is 0 Å². The molecule has 132 valence electrons. The van der Waals surface area contributed by atoms with Gasteiger partial charge in [-0.15, -0.1) is 0 Å². The largest absolute Gasteiger partial charge is 0.479 e. The predicted molar refractivity (Wildman–Crippen MR) is 84.2 cm³/mol. The molecule has 0 saturated carbocycles. The molecule has 0 spiro atoms. The van der Waals surface area contributed by atoms with E-state index in [1.54, 1.807) is 18.2 Å². The van der Waals surface area contributed by atoms with Crippen LogP contribution in [0.3, 0.4) is 0 Å². The number of hydrogen-bond donors (Lipinski definition) is 2. The Morgan fingerprint density at radius 1 is 1.08 bits per heavy atom. The number of nitrogens with zero attached hydrogens (tertiary/aromatic N) is 1. The number of benzene rings is 2. The van der Waals surface area contributed by atoms with E-state index in [4.69, 9.17) is 0 Å². The molecule has 0 heterocycles. The number of nitro benzene ring substituents is 1. The molecule has 0 saturated heterocycles. The minimum Gasteiger partial charge on any atom is -0.479 e. The summed E-state index contributed by atoms with van der Waals surface area (Å²) in [6.45, 7) is 0. The van der Waals surface area contributed by atoms with Gasteiger partial charge in [-0.1, -0.05) is 30.3 Å². The van der Waals surface area contributed by atoms with Crippen LogP contribution in [0.25, 0.3) is 0 Å². The molecule has 0 unspecified atom stereocenters. The Morgan fingerprint density at radius 2 is 1.64 bits per heavy atom. The number of carboxylic acid groups (broad SMARTS) is 1. The second kappa shape index (κ2) is 7.38. The third kappa shape index (κ3) is 4.38. The fraction of sp³-hybridized carbons (Fsp3) is 0.133.